The summed E-state index contributed by atoms with van der Waals surface area (Å²) < 4.78 is 0. The minimum Gasteiger partial charge on any atom is -0.399 e. The van der Waals surface area contributed by atoms with Crippen LogP contribution in [0.25, 0.3) is 21.9 Å². The molecule has 0 saturated carbocycles. The first kappa shape index (κ1) is 11.8. The van der Waals surface area contributed by atoms with Crippen molar-refractivity contribution in [2.75, 3.05) is 5.73 Å². The third kappa shape index (κ3) is 2.19. The van der Waals surface area contributed by atoms with E-state index in [2.05, 4.69) is 61.5 Å². The number of benzene rings is 3. The van der Waals surface area contributed by atoms with E-state index in [0.29, 0.717) is 0 Å². The molecule has 0 unspecified atom stereocenters. The normalized spacial score (nSPS) is 10.8. The molecule has 0 atom stereocenters. The molecule has 0 aliphatic heterocycles. The van der Waals surface area contributed by atoms with Gasteiger partial charge in [0.1, 0.15) is 0 Å². The van der Waals surface area contributed by atoms with E-state index >= 15 is 0 Å². The molecule has 0 aromatic heterocycles. The van der Waals surface area contributed by atoms with E-state index in [-0.39, 0.29) is 0 Å². The minimum atomic E-state index is 0.882. The summed E-state index contributed by atoms with van der Waals surface area (Å²) in [5.74, 6) is 0. The topological polar surface area (TPSA) is 26.0 Å². The predicted molar refractivity (Wildman–Crippen MR) is 83.2 cm³/mol. The third-order valence-electron chi connectivity index (χ3n) is 3.61. The maximum absolute atomic E-state index is 5.97. The number of nitrogen functional groups attached to an aromatic ring is 1. The van der Waals surface area contributed by atoms with Gasteiger partial charge >= 0.3 is 0 Å². The second-order valence-corrected chi connectivity index (χ2v) is 4.83. The minimum absolute atomic E-state index is 0.882. The lowest BCUT2D eigenvalue weighted by Gasteiger charge is -2.08. The molecule has 3 rings (SSSR count). The van der Waals surface area contributed by atoms with Gasteiger partial charge in [0.2, 0.25) is 0 Å². The molecule has 94 valence electrons. The summed E-state index contributed by atoms with van der Waals surface area (Å²) in [6.45, 7) is 2.13. The molecule has 0 fully saturated rings. The van der Waals surface area contributed by atoms with E-state index in [1.807, 2.05) is 6.07 Å². The highest BCUT2D eigenvalue weighted by Gasteiger charge is 2.03. The maximum Gasteiger partial charge on any atom is 0.0346 e. The number of hydrogen-bond donors (Lipinski definition) is 1. The maximum atomic E-state index is 5.97. The van der Waals surface area contributed by atoms with E-state index in [9.17, 15) is 0 Å². The fourth-order valence-electron chi connectivity index (χ4n) is 2.46. The van der Waals surface area contributed by atoms with Gasteiger partial charge in [0.05, 0.1) is 0 Å². The fourth-order valence-corrected chi connectivity index (χ4v) is 2.46. The van der Waals surface area contributed by atoms with Crippen LogP contribution in [0.2, 0.25) is 0 Å². The van der Waals surface area contributed by atoms with E-state index in [4.69, 9.17) is 5.73 Å². The first-order valence-electron chi connectivity index (χ1n) is 6.65. The quantitative estimate of drug-likeness (QED) is 0.655. The SMILES string of the molecule is CCc1cc(-c2ccc3ccccc3c2)ccc1N. The van der Waals surface area contributed by atoms with Crippen LogP contribution in [0.1, 0.15) is 12.5 Å². The van der Waals surface area contributed by atoms with Gasteiger partial charge in [-0.2, -0.15) is 0 Å². The highest BCUT2D eigenvalue weighted by Crippen LogP contribution is 2.27. The van der Waals surface area contributed by atoms with Gasteiger partial charge in [0.25, 0.3) is 0 Å². The standard InChI is InChI=1S/C18H17N/c1-2-13-11-17(9-10-18(13)19)16-8-7-14-5-3-4-6-15(14)12-16/h3-12H,2,19H2,1H3. The summed E-state index contributed by atoms with van der Waals surface area (Å²) in [4.78, 5) is 0. The molecule has 3 aromatic carbocycles. The summed E-state index contributed by atoms with van der Waals surface area (Å²) in [5, 5.41) is 2.55. The number of nitrogens with two attached hydrogens (primary N) is 1. The Balaban J connectivity index is 2.13. The molecule has 3 aromatic rings. The van der Waals surface area contributed by atoms with Crippen LogP contribution in [0.15, 0.2) is 60.7 Å². The van der Waals surface area contributed by atoms with Crippen LogP contribution in [0.3, 0.4) is 0 Å². The molecule has 0 aliphatic rings. The van der Waals surface area contributed by atoms with Gasteiger partial charge in [0, 0.05) is 5.69 Å². The average Bonchev–Trinajstić information content (AvgIpc) is 2.47. The van der Waals surface area contributed by atoms with Gasteiger partial charge in [-0.25, -0.2) is 0 Å². The number of fused-ring (bicyclic) bond motifs is 1. The van der Waals surface area contributed by atoms with Crippen molar-refractivity contribution in [3.05, 3.63) is 66.2 Å². The molecule has 0 amide bonds. The molecule has 0 spiro atoms. The van der Waals surface area contributed by atoms with Crippen LogP contribution in [-0.4, -0.2) is 0 Å². The summed E-state index contributed by atoms with van der Waals surface area (Å²) in [6, 6.07) is 21.3. The van der Waals surface area contributed by atoms with Crippen molar-refractivity contribution in [3.8, 4) is 11.1 Å². The van der Waals surface area contributed by atoms with Crippen molar-refractivity contribution in [3.63, 3.8) is 0 Å². The lowest BCUT2D eigenvalue weighted by atomic mass is 9.98. The number of anilines is 1. The monoisotopic (exact) mass is 247 g/mol. The van der Waals surface area contributed by atoms with Crippen molar-refractivity contribution in [2.24, 2.45) is 0 Å². The Bertz CT molecular complexity index is 729. The molecule has 0 aliphatic carbocycles. The molecule has 1 heteroatoms. The van der Waals surface area contributed by atoms with Crippen LogP contribution >= 0.6 is 0 Å². The summed E-state index contributed by atoms with van der Waals surface area (Å²) in [5.41, 5.74) is 10.5. The molecule has 19 heavy (non-hydrogen) atoms. The van der Waals surface area contributed by atoms with Gasteiger partial charge in [-0.15, -0.1) is 0 Å². The molecular weight excluding hydrogens is 230 g/mol. The van der Waals surface area contributed by atoms with Gasteiger partial charge < -0.3 is 5.73 Å². The Morgan fingerprint density at radius 2 is 1.47 bits per heavy atom. The average molecular weight is 247 g/mol. The zero-order valence-corrected chi connectivity index (χ0v) is 11.1. The molecule has 0 radical (unpaired) electrons. The van der Waals surface area contributed by atoms with Gasteiger partial charge in [-0.05, 0) is 52.1 Å². The largest absolute Gasteiger partial charge is 0.399 e. The molecular formula is C18H17N. The van der Waals surface area contributed by atoms with E-state index in [1.165, 1.54) is 27.5 Å². The summed E-state index contributed by atoms with van der Waals surface area (Å²) in [7, 11) is 0. The Kier molecular flexibility index (Phi) is 2.96. The van der Waals surface area contributed by atoms with Crippen LogP contribution in [0.4, 0.5) is 5.69 Å². The Labute approximate surface area is 113 Å². The van der Waals surface area contributed by atoms with Crippen molar-refractivity contribution in [1.82, 2.24) is 0 Å². The lowest BCUT2D eigenvalue weighted by molar-refractivity contribution is 1.15. The molecule has 0 bridgehead atoms. The second-order valence-electron chi connectivity index (χ2n) is 4.83. The lowest BCUT2D eigenvalue weighted by Crippen LogP contribution is -1.93. The van der Waals surface area contributed by atoms with Crippen molar-refractivity contribution < 1.29 is 0 Å². The second kappa shape index (κ2) is 4.77. The highest BCUT2D eigenvalue weighted by molar-refractivity contribution is 5.87. The van der Waals surface area contributed by atoms with Gasteiger partial charge in [-0.1, -0.05) is 49.4 Å². The molecule has 2 N–H and O–H groups in total. The molecule has 0 saturated heterocycles. The first-order valence-corrected chi connectivity index (χ1v) is 6.65. The molecule has 0 heterocycles. The van der Waals surface area contributed by atoms with Gasteiger partial charge in [0.15, 0.2) is 0 Å². The Morgan fingerprint density at radius 1 is 0.789 bits per heavy atom. The van der Waals surface area contributed by atoms with E-state index < -0.39 is 0 Å². The number of aryl methyl sites for hydroxylation is 1. The van der Waals surface area contributed by atoms with Crippen LogP contribution in [0, 0.1) is 0 Å². The van der Waals surface area contributed by atoms with Crippen molar-refractivity contribution >= 4 is 16.5 Å². The van der Waals surface area contributed by atoms with Crippen molar-refractivity contribution in [2.45, 2.75) is 13.3 Å². The highest BCUT2D eigenvalue weighted by atomic mass is 14.6. The third-order valence-corrected chi connectivity index (χ3v) is 3.61. The Hall–Kier alpha value is -2.28. The van der Waals surface area contributed by atoms with Gasteiger partial charge in [-0.3, -0.25) is 0 Å². The van der Waals surface area contributed by atoms with Crippen LogP contribution < -0.4 is 5.73 Å². The predicted octanol–water partition coefficient (Wildman–Crippen LogP) is 4.65. The van der Waals surface area contributed by atoms with E-state index in [0.717, 1.165) is 12.1 Å². The molecule has 1 nitrogen and oxygen atoms in total. The summed E-state index contributed by atoms with van der Waals surface area (Å²) >= 11 is 0. The van der Waals surface area contributed by atoms with Crippen LogP contribution in [-0.2, 0) is 6.42 Å². The van der Waals surface area contributed by atoms with E-state index in [1.54, 1.807) is 0 Å². The first-order chi connectivity index (χ1) is 9.28. The van der Waals surface area contributed by atoms with Crippen LogP contribution in [0.5, 0.6) is 0 Å². The Morgan fingerprint density at radius 3 is 2.26 bits per heavy atom. The van der Waals surface area contributed by atoms with Crippen molar-refractivity contribution in [1.29, 1.82) is 0 Å². The zero-order chi connectivity index (χ0) is 13.2. The number of hydrogen-bond acceptors (Lipinski definition) is 1. The zero-order valence-electron chi connectivity index (χ0n) is 11.1. The smallest absolute Gasteiger partial charge is 0.0346 e. The summed E-state index contributed by atoms with van der Waals surface area (Å²) in [6.07, 6.45) is 0.966. The fraction of sp³-hybridized carbons (Fsp3) is 0.111. The number of rotatable bonds is 2.